The third-order valence-electron chi connectivity index (χ3n) is 18.1. The van der Waals surface area contributed by atoms with Crippen LogP contribution in [0.3, 0.4) is 0 Å². The molecule has 0 atom stereocenters. The van der Waals surface area contributed by atoms with Crippen molar-refractivity contribution in [3.63, 3.8) is 0 Å². The summed E-state index contributed by atoms with van der Waals surface area (Å²) in [5.41, 5.74) is 51.4. The SMILES string of the molecule is C.C#C[Si](C)(C)C.C[Si](C)(C)C#Cc1ccc(Br)cc1.C[Si](C)(C)C#Cc1ccc(C#Cc2ccc(N(CCOCCOCCO)CCOCCOCCO)cc2)cc1.C[Si](C)(C)C#Cc1ccc(C#Cc2ccc(N(CCOCCOCCOS(C)(=O)=O)CCOCCOCCOS(C)(=O)=O)cc2)cc1.C[Si](C)(C)C#Cc1ccc(C#Cc2ccc(N)cc2)cc1.C[Si](C)(C)C#Cc1ccc(N)cc1.Nc1ccc(I)cc1. The van der Waals surface area contributed by atoms with Crippen LogP contribution in [0.1, 0.15) is 68.6 Å². The first kappa shape index (κ1) is 134. The highest BCUT2D eigenvalue weighted by molar-refractivity contribution is 14.1. The quantitative estimate of drug-likeness (QED) is 0.00600. The Morgan fingerprint density at radius 1 is 0.277 bits per heavy atom. The Bertz CT molecular complexity index is 5980. The van der Waals surface area contributed by atoms with Crippen molar-refractivity contribution in [2.75, 3.05) is 198 Å². The minimum Gasteiger partial charge on any atom is -0.399 e. The Hall–Kier alpha value is -10.0. The lowest BCUT2D eigenvalue weighted by atomic mass is 10.1. The van der Waals surface area contributed by atoms with Gasteiger partial charge in [0, 0.05) is 124 Å². The van der Waals surface area contributed by atoms with E-state index in [4.69, 9.17) is 71.7 Å². The number of halogens is 2. The van der Waals surface area contributed by atoms with Gasteiger partial charge in [-0.1, -0.05) is 206 Å². The first-order chi connectivity index (χ1) is 69.3. The average Bonchev–Trinajstić information content (AvgIpc) is 0.866. The van der Waals surface area contributed by atoms with E-state index in [-0.39, 0.29) is 47.1 Å². The number of hydrogen-bond acceptors (Lipinski definition) is 21. The maximum Gasteiger partial charge on any atom is 0.264 e. The molecule has 0 radical (unpaired) electrons. The average molecular weight is 2330 g/mol. The molecule has 0 unspecified atom stereocenters. The van der Waals surface area contributed by atoms with Gasteiger partial charge in [-0.15, -0.1) is 39.7 Å². The summed E-state index contributed by atoms with van der Waals surface area (Å²) in [5.74, 6) is 35.3. The second-order valence-electron chi connectivity index (χ2n) is 39.1. The van der Waals surface area contributed by atoms with Gasteiger partial charge in [0.1, 0.15) is 48.4 Å². The highest BCUT2D eigenvalue weighted by Gasteiger charge is 2.15. The molecule has 9 rings (SSSR count). The van der Waals surface area contributed by atoms with Crippen LogP contribution < -0.4 is 27.0 Å². The fourth-order valence-electron chi connectivity index (χ4n) is 10.6. The van der Waals surface area contributed by atoms with Gasteiger partial charge in [-0.05, 0) is 241 Å². The lowest BCUT2D eigenvalue weighted by molar-refractivity contribution is 0.0316. The zero-order valence-electron chi connectivity index (χ0n) is 89.6. The fraction of sp³-hybridized carbons (Fsp3) is 0.385. The maximum absolute atomic E-state index is 11.0. The molecule has 0 aromatic heterocycles. The first-order valence-corrected chi connectivity index (χ1v) is 75.0. The number of aliphatic hydroxyl groups is 2. The molecule has 0 spiro atoms. The number of aliphatic hydroxyl groups excluding tert-OH is 2. The third kappa shape index (κ3) is 76.5. The Morgan fingerprint density at radius 3 is 0.635 bits per heavy atom. The van der Waals surface area contributed by atoms with Gasteiger partial charge in [-0.3, -0.25) is 8.37 Å². The highest BCUT2D eigenvalue weighted by atomic mass is 127. The molecule has 0 fully saturated rings. The minimum atomic E-state index is -3.48. The zero-order chi connectivity index (χ0) is 109. The van der Waals surface area contributed by atoms with Crippen LogP contribution in [-0.4, -0.2) is 246 Å². The summed E-state index contributed by atoms with van der Waals surface area (Å²) in [5, 5.41) is 17.6. The highest BCUT2D eigenvalue weighted by Crippen LogP contribution is 2.20. The van der Waals surface area contributed by atoms with Crippen LogP contribution in [0.25, 0.3) is 0 Å². The molecule has 0 aliphatic rings. The molecule has 0 aliphatic carbocycles. The summed E-state index contributed by atoms with van der Waals surface area (Å²) in [6.45, 7) is 48.6. The Labute approximate surface area is 916 Å². The molecule has 0 heterocycles. The third-order valence-corrected chi connectivity index (χ3v) is 25.8. The van der Waals surface area contributed by atoms with Crippen molar-refractivity contribution in [1.29, 1.82) is 0 Å². The lowest BCUT2D eigenvalue weighted by Crippen LogP contribution is -2.31. The molecule has 0 saturated heterocycles. The molecule has 31 heteroatoms. The fourth-order valence-corrected chi connectivity index (χ4v) is 14.6. The monoisotopic (exact) mass is 2330 g/mol. The summed E-state index contributed by atoms with van der Waals surface area (Å²) in [6.07, 6.45) is 7.10. The van der Waals surface area contributed by atoms with Crippen molar-refractivity contribution in [3.05, 3.63) is 288 Å². The van der Waals surface area contributed by atoms with Crippen LogP contribution >= 0.6 is 38.5 Å². The molecule has 0 saturated carbocycles. The summed E-state index contributed by atoms with van der Waals surface area (Å²) in [4.78, 5) is 4.35. The number of nitrogens with two attached hydrogens (primary N) is 3. The van der Waals surface area contributed by atoms with Crippen LogP contribution in [0.15, 0.2) is 223 Å². The minimum absolute atomic E-state index is 0. The van der Waals surface area contributed by atoms with E-state index < -0.39 is 68.7 Å². The van der Waals surface area contributed by atoms with Gasteiger partial charge >= 0.3 is 0 Å². The first-order valence-electron chi connectivity index (χ1n) is 48.5. The van der Waals surface area contributed by atoms with E-state index in [2.05, 4.69) is 285 Å². The smallest absolute Gasteiger partial charge is 0.264 e. The molecule has 8 N–H and O–H groups in total. The van der Waals surface area contributed by atoms with Crippen molar-refractivity contribution in [3.8, 4) is 105 Å². The maximum atomic E-state index is 11.0. The standard InChI is InChI=1S/C33H47NO10S2Si.C31H43NO6Si.C19H19NSi.C11H13BrSi.C11H15NSi.C6H6IN.C5H10Si.CH4/c1-45(35,36)43-27-25-41-23-21-39-19-17-34(18-20-40-22-24-42-26-28-44-46(2,37)38)33-14-12-31(13-15-33)7-6-30-8-10-32(11-9-30)16-29-47(3,4)5;1-39(2,3)27-14-30-8-6-28(7-9-30)4-5-29-10-12-31(13-11-29)32(15-19-35-23-25-37-21-17-33)16-20-36-24-26-38-22-18-34;1-21(2,3)15-14-18-8-6-16(7-9-18)4-5-17-10-12-19(20)13-11-17;2*1-13(2,3)9-8-10-4-6-11(12)7-5-10;7-5-1-3-6(8)4-2-5;1-5-6(2,3)4;/h8-15H,17-28H2,1-5H3;6-13,33-34H,15-26H2,1-3H3;6-13H,20H2,1-3H3;4-7H,1-3H3;4-7H,12H2,1-3H3;1-4H,8H2;1H,2-4H3;1H4. The van der Waals surface area contributed by atoms with Crippen LogP contribution in [0.4, 0.5) is 28.4 Å². The molecular weight excluding hydrogens is 2170 g/mol. The van der Waals surface area contributed by atoms with Crippen molar-refractivity contribution < 1.29 is 73.3 Å². The molecule has 796 valence electrons. The van der Waals surface area contributed by atoms with E-state index in [0.717, 1.165) is 107 Å². The van der Waals surface area contributed by atoms with Gasteiger partial charge in [-0.25, -0.2) is 0 Å². The Kier molecular flexibility index (Phi) is 67.0. The molecule has 148 heavy (non-hydrogen) atoms. The van der Waals surface area contributed by atoms with E-state index in [0.29, 0.717) is 119 Å². The molecule has 0 amide bonds. The topological polar surface area (TPSA) is 286 Å². The predicted octanol–water partition coefficient (Wildman–Crippen LogP) is 20.4. The summed E-state index contributed by atoms with van der Waals surface area (Å²) in [7, 11) is -14.7. The van der Waals surface area contributed by atoms with Crippen LogP contribution in [0.2, 0.25) is 118 Å². The molecule has 21 nitrogen and oxygen atoms in total. The normalized spacial score (nSPS) is 10.8. The number of hydrogen-bond donors (Lipinski definition) is 5. The van der Waals surface area contributed by atoms with E-state index in [1.165, 1.54) is 3.57 Å². The molecule has 0 aliphatic heterocycles. The van der Waals surface area contributed by atoms with Crippen molar-refractivity contribution in [2.45, 2.75) is 125 Å². The summed E-state index contributed by atoms with van der Waals surface area (Å²) in [6, 6.07) is 71.4. The number of anilines is 5. The largest absolute Gasteiger partial charge is 0.399 e. The van der Waals surface area contributed by atoms with Crippen molar-refractivity contribution in [2.24, 2.45) is 0 Å². The van der Waals surface area contributed by atoms with Gasteiger partial charge in [0.05, 0.1) is 145 Å². The summed E-state index contributed by atoms with van der Waals surface area (Å²) >= 11 is 5.64. The van der Waals surface area contributed by atoms with Crippen LogP contribution in [-0.2, 0) is 66.5 Å². The molecule has 9 aromatic rings. The summed E-state index contributed by atoms with van der Waals surface area (Å²) < 4.78 is 99.5. The van der Waals surface area contributed by atoms with Crippen molar-refractivity contribution in [1.82, 2.24) is 0 Å². The predicted molar refractivity (Wildman–Crippen MR) is 646 cm³/mol. The van der Waals surface area contributed by atoms with Crippen LogP contribution in [0.5, 0.6) is 0 Å². The van der Waals surface area contributed by atoms with Gasteiger partial charge in [-0.2, -0.15) is 16.8 Å². The van der Waals surface area contributed by atoms with Gasteiger partial charge in [0.25, 0.3) is 20.2 Å². The number of nitrogens with zero attached hydrogens (tertiary/aromatic N) is 2. The van der Waals surface area contributed by atoms with Crippen molar-refractivity contribution >= 4 is 136 Å². The zero-order valence-corrected chi connectivity index (χ0v) is 101. The number of ether oxygens (including phenoxy) is 8. The Morgan fingerprint density at radius 2 is 0.446 bits per heavy atom. The van der Waals surface area contributed by atoms with E-state index in [1.807, 2.05) is 206 Å². The number of rotatable bonds is 38. The van der Waals surface area contributed by atoms with Gasteiger partial charge in [0.15, 0.2) is 0 Å². The van der Waals surface area contributed by atoms with E-state index in [9.17, 15) is 16.8 Å². The number of benzene rings is 9. The molecule has 9 aromatic carbocycles. The second kappa shape index (κ2) is 74.0. The van der Waals surface area contributed by atoms with Gasteiger partial charge in [0.2, 0.25) is 0 Å². The van der Waals surface area contributed by atoms with Crippen LogP contribution in [0, 0.1) is 108 Å². The molecule has 0 bridgehead atoms. The van der Waals surface area contributed by atoms with E-state index >= 15 is 0 Å². The Balaban J connectivity index is 0.000000646. The number of terminal acetylenes is 1. The number of nitrogen functional groups attached to an aromatic ring is 3. The van der Waals surface area contributed by atoms with Gasteiger partial charge < -0.3 is 75.1 Å². The second-order valence-corrected chi connectivity index (χ2v) is 73.1. The molecular formula is C117H157BrIN5O16S2Si6. The van der Waals surface area contributed by atoms with E-state index in [1.54, 1.807) is 0 Å². The lowest BCUT2D eigenvalue weighted by Gasteiger charge is -2.25.